The molecule has 0 aliphatic heterocycles. The number of hydrogen-bond donors (Lipinski definition) is 3. The normalized spacial score (nSPS) is 14.1. The Bertz CT molecular complexity index is 428. The Labute approximate surface area is 110 Å². The van der Waals surface area contributed by atoms with E-state index in [0.717, 1.165) is 0 Å². The third-order valence-corrected chi connectivity index (χ3v) is 2.67. The van der Waals surface area contributed by atoms with Crippen molar-refractivity contribution in [2.45, 2.75) is 32.5 Å². The van der Waals surface area contributed by atoms with Gasteiger partial charge in [0.05, 0.1) is 6.10 Å². The van der Waals surface area contributed by atoms with Crippen molar-refractivity contribution in [1.82, 2.24) is 15.3 Å². The Kier molecular flexibility index (Phi) is 5.46. The number of hydrogen-bond acceptors (Lipinski definition) is 5. The molecule has 2 unspecified atom stereocenters. The van der Waals surface area contributed by atoms with Gasteiger partial charge in [0.25, 0.3) is 0 Å². The number of carbonyl (C=O) groups excluding carboxylic acids is 1. The maximum absolute atomic E-state index is 10.7. The highest BCUT2D eigenvalue weighted by molar-refractivity contribution is 6.28. The molecule has 0 radical (unpaired) electrons. The third kappa shape index (κ3) is 4.21. The first-order valence-corrected chi connectivity index (χ1v) is 5.89. The largest absolute Gasteiger partial charge is 0.390 e. The van der Waals surface area contributed by atoms with Crippen LogP contribution in [-0.4, -0.2) is 38.7 Å². The minimum atomic E-state index is -1.10. The van der Waals surface area contributed by atoms with Crippen molar-refractivity contribution in [3.05, 3.63) is 22.7 Å². The highest BCUT2D eigenvalue weighted by Crippen LogP contribution is 2.21. The van der Waals surface area contributed by atoms with Crippen LogP contribution in [0.25, 0.3) is 0 Å². The molecule has 0 bridgehead atoms. The van der Waals surface area contributed by atoms with Crippen molar-refractivity contribution >= 4 is 17.5 Å². The fraction of sp³-hybridized carbons (Fsp3) is 0.545. The number of aliphatic hydroxyl groups is 2. The number of aliphatic hydroxyl groups excluding tert-OH is 2. The molecule has 1 aromatic heterocycles. The summed E-state index contributed by atoms with van der Waals surface area (Å²) < 4.78 is 0. The van der Waals surface area contributed by atoms with Gasteiger partial charge in [0, 0.05) is 30.9 Å². The van der Waals surface area contributed by atoms with E-state index in [-0.39, 0.29) is 17.6 Å². The molecular formula is C11H16ClN3O3. The van der Waals surface area contributed by atoms with Gasteiger partial charge in [-0.15, -0.1) is 0 Å². The molecule has 100 valence electrons. The van der Waals surface area contributed by atoms with Crippen LogP contribution < -0.4 is 5.32 Å². The van der Waals surface area contributed by atoms with Crippen LogP contribution in [0.4, 0.5) is 0 Å². The lowest BCUT2D eigenvalue weighted by molar-refractivity contribution is -0.119. The average molecular weight is 274 g/mol. The Balaban J connectivity index is 2.62. The molecule has 7 heteroatoms. The number of rotatable bonds is 5. The van der Waals surface area contributed by atoms with Crippen molar-refractivity contribution in [3.8, 4) is 0 Å². The Morgan fingerprint density at radius 3 is 2.78 bits per heavy atom. The summed E-state index contributed by atoms with van der Waals surface area (Å²) in [4.78, 5) is 18.3. The van der Waals surface area contributed by atoms with Crippen molar-refractivity contribution in [1.29, 1.82) is 0 Å². The van der Waals surface area contributed by atoms with Crippen LogP contribution in [0, 0.1) is 6.92 Å². The van der Waals surface area contributed by atoms with Crippen molar-refractivity contribution < 1.29 is 15.0 Å². The summed E-state index contributed by atoms with van der Waals surface area (Å²) in [5, 5.41) is 22.4. The molecule has 6 nitrogen and oxygen atoms in total. The van der Waals surface area contributed by atoms with E-state index in [9.17, 15) is 15.0 Å². The van der Waals surface area contributed by atoms with E-state index in [4.69, 9.17) is 11.6 Å². The first-order valence-electron chi connectivity index (χ1n) is 5.51. The van der Waals surface area contributed by atoms with Crippen molar-refractivity contribution in [3.63, 3.8) is 0 Å². The molecule has 0 aliphatic rings. The van der Waals surface area contributed by atoms with Gasteiger partial charge in [-0.3, -0.25) is 4.79 Å². The summed E-state index contributed by atoms with van der Waals surface area (Å²) in [6.07, 6.45) is -0.476. The first-order chi connectivity index (χ1) is 8.41. The molecule has 0 aromatic carbocycles. The predicted octanol–water partition coefficient (Wildman–Crippen LogP) is 0.359. The zero-order chi connectivity index (χ0) is 13.7. The van der Waals surface area contributed by atoms with Crippen molar-refractivity contribution in [2.24, 2.45) is 0 Å². The van der Waals surface area contributed by atoms with Crippen LogP contribution in [0.5, 0.6) is 0 Å². The quantitative estimate of drug-likeness (QED) is 0.673. The van der Waals surface area contributed by atoms with Gasteiger partial charge in [0.1, 0.15) is 6.10 Å². The van der Waals surface area contributed by atoms with E-state index in [2.05, 4.69) is 15.3 Å². The molecule has 0 saturated carbocycles. The lowest BCUT2D eigenvalue weighted by Crippen LogP contribution is -2.28. The van der Waals surface area contributed by atoms with Gasteiger partial charge >= 0.3 is 0 Å². The summed E-state index contributed by atoms with van der Waals surface area (Å²) in [6.45, 7) is 3.35. The molecule has 0 fully saturated rings. The molecule has 0 spiro atoms. The molecule has 1 amide bonds. The van der Waals surface area contributed by atoms with E-state index < -0.39 is 12.2 Å². The Hall–Kier alpha value is -1.24. The van der Waals surface area contributed by atoms with Gasteiger partial charge in [-0.25, -0.2) is 9.97 Å². The molecular weight excluding hydrogens is 258 g/mol. The molecule has 1 aromatic rings. The van der Waals surface area contributed by atoms with E-state index in [0.29, 0.717) is 17.8 Å². The van der Waals surface area contributed by atoms with E-state index in [1.54, 1.807) is 6.92 Å². The number of amides is 1. The maximum Gasteiger partial charge on any atom is 0.222 e. The number of aromatic nitrogens is 2. The van der Waals surface area contributed by atoms with Gasteiger partial charge in [-0.1, -0.05) is 0 Å². The van der Waals surface area contributed by atoms with Gasteiger partial charge in [0.15, 0.2) is 0 Å². The molecule has 1 rings (SSSR count). The van der Waals surface area contributed by atoms with Crippen LogP contribution in [0.2, 0.25) is 5.28 Å². The number of carbonyl (C=O) groups is 1. The second-order valence-electron chi connectivity index (χ2n) is 3.96. The fourth-order valence-electron chi connectivity index (χ4n) is 1.50. The highest BCUT2D eigenvalue weighted by atomic mass is 35.5. The number of halogens is 1. The summed E-state index contributed by atoms with van der Waals surface area (Å²) >= 11 is 5.61. The first kappa shape index (κ1) is 14.8. The number of aryl methyl sites for hydroxylation is 1. The lowest BCUT2D eigenvalue weighted by Gasteiger charge is -2.19. The standard InChI is InChI=1S/C11H16ClN3O3/c1-6-8(5-14-11(12)15-6)10(18)9(17)3-4-13-7(2)16/h5,9-10,17-18H,3-4H2,1-2H3,(H,13,16). The number of nitrogens with zero attached hydrogens (tertiary/aromatic N) is 2. The zero-order valence-electron chi connectivity index (χ0n) is 10.2. The molecule has 2 atom stereocenters. The second-order valence-corrected chi connectivity index (χ2v) is 4.30. The van der Waals surface area contributed by atoms with Crippen molar-refractivity contribution in [2.75, 3.05) is 6.54 Å². The highest BCUT2D eigenvalue weighted by Gasteiger charge is 2.21. The van der Waals surface area contributed by atoms with Crippen LogP contribution >= 0.6 is 11.6 Å². The van der Waals surface area contributed by atoms with E-state index in [1.165, 1.54) is 13.1 Å². The molecule has 0 aliphatic carbocycles. The van der Waals surface area contributed by atoms with Crippen LogP contribution in [0.3, 0.4) is 0 Å². The number of nitrogens with one attached hydrogen (secondary N) is 1. The summed E-state index contributed by atoms with van der Waals surface area (Å²) in [6, 6.07) is 0. The zero-order valence-corrected chi connectivity index (χ0v) is 11.0. The molecule has 0 saturated heterocycles. The molecule has 1 heterocycles. The topological polar surface area (TPSA) is 95.3 Å². The van der Waals surface area contributed by atoms with E-state index in [1.807, 2.05) is 0 Å². The Morgan fingerprint density at radius 1 is 1.56 bits per heavy atom. The maximum atomic E-state index is 10.7. The minimum absolute atomic E-state index is 0.0937. The minimum Gasteiger partial charge on any atom is -0.390 e. The summed E-state index contributed by atoms with van der Waals surface area (Å²) in [7, 11) is 0. The third-order valence-electron chi connectivity index (χ3n) is 2.49. The average Bonchev–Trinajstić information content (AvgIpc) is 2.27. The van der Waals surface area contributed by atoms with Crippen LogP contribution in [-0.2, 0) is 4.79 Å². The van der Waals surface area contributed by atoms with E-state index >= 15 is 0 Å². The van der Waals surface area contributed by atoms with Gasteiger partial charge in [-0.2, -0.15) is 0 Å². The monoisotopic (exact) mass is 273 g/mol. The van der Waals surface area contributed by atoms with Gasteiger partial charge in [0.2, 0.25) is 11.2 Å². The molecule has 3 N–H and O–H groups in total. The van der Waals surface area contributed by atoms with Gasteiger partial charge in [-0.05, 0) is 24.9 Å². The molecule has 18 heavy (non-hydrogen) atoms. The second kappa shape index (κ2) is 6.63. The summed E-state index contributed by atoms with van der Waals surface area (Å²) in [5.41, 5.74) is 0.941. The smallest absolute Gasteiger partial charge is 0.222 e. The fourth-order valence-corrected chi connectivity index (χ4v) is 1.68. The SMILES string of the molecule is CC(=O)NCCC(O)C(O)c1cnc(Cl)nc1C. The summed E-state index contributed by atoms with van der Waals surface area (Å²) in [5.74, 6) is -0.178. The van der Waals surface area contributed by atoms with Gasteiger partial charge < -0.3 is 15.5 Å². The Morgan fingerprint density at radius 2 is 2.22 bits per heavy atom. The lowest BCUT2D eigenvalue weighted by atomic mass is 10.0. The van der Waals surface area contributed by atoms with Crippen LogP contribution in [0.15, 0.2) is 6.20 Å². The predicted molar refractivity (Wildman–Crippen MR) is 66.0 cm³/mol. The van der Waals surface area contributed by atoms with Crippen LogP contribution in [0.1, 0.15) is 30.7 Å².